The van der Waals surface area contributed by atoms with Crippen LogP contribution in [-0.4, -0.2) is 24.2 Å². The van der Waals surface area contributed by atoms with Gasteiger partial charge in [-0.3, -0.25) is 0 Å². The lowest BCUT2D eigenvalue weighted by Gasteiger charge is -1.67. The number of nitrogens with zero attached hydrogens (tertiary/aromatic N) is 1. The molecule has 52 valence electrons. The van der Waals surface area contributed by atoms with Crippen molar-refractivity contribution in [3.05, 3.63) is 18.2 Å². The minimum absolute atomic E-state index is 1.11. The highest BCUT2D eigenvalue weighted by Gasteiger charge is 1.73. The molecular weight excluding hydrogens is 116 g/mol. The van der Waals surface area contributed by atoms with Crippen molar-refractivity contribution in [2.45, 2.75) is 6.92 Å². The Bertz CT molecular complexity index is 126. The fourth-order valence-corrected chi connectivity index (χ4v) is 0.325. The van der Waals surface area contributed by atoms with Gasteiger partial charge in [0.1, 0.15) is 0 Å². The average Bonchev–Trinajstić information content (AvgIpc) is 2.20. The summed E-state index contributed by atoms with van der Waals surface area (Å²) in [5, 5.41) is 0. The molecule has 0 radical (unpaired) electrons. The number of H-pyrrole nitrogens is 1. The second kappa shape index (κ2) is 5.31. The van der Waals surface area contributed by atoms with Gasteiger partial charge in [0.15, 0.2) is 0 Å². The van der Waals surface area contributed by atoms with Gasteiger partial charge in [-0.15, -0.1) is 0 Å². The van der Waals surface area contributed by atoms with Crippen LogP contribution in [0.15, 0.2) is 12.5 Å². The molecule has 0 aliphatic carbocycles. The maximum absolute atomic E-state index is 4.25. The van der Waals surface area contributed by atoms with Gasteiger partial charge < -0.3 is 9.72 Å². The first-order chi connectivity index (χ1) is 4.31. The molecule has 0 unspecified atom stereocenters. The van der Waals surface area contributed by atoms with Crippen LogP contribution in [0.1, 0.15) is 5.69 Å². The van der Waals surface area contributed by atoms with Gasteiger partial charge in [-0.25, -0.2) is 4.98 Å². The summed E-state index contributed by atoms with van der Waals surface area (Å²) in [5.74, 6) is 0. The van der Waals surface area contributed by atoms with Crippen LogP contribution in [-0.2, 0) is 4.74 Å². The first-order valence-corrected chi connectivity index (χ1v) is 2.66. The van der Waals surface area contributed by atoms with E-state index in [9.17, 15) is 0 Å². The van der Waals surface area contributed by atoms with Crippen molar-refractivity contribution in [3.8, 4) is 0 Å². The number of hydrogen-bond donors (Lipinski definition) is 1. The molecule has 0 bridgehead atoms. The lowest BCUT2D eigenvalue weighted by molar-refractivity contribution is 0.277. The van der Waals surface area contributed by atoms with E-state index >= 15 is 0 Å². The molecule has 0 aliphatic rings. The molecule has 0 aromatic carbocycles. The second-order valence-corrected chi connectivity index (χ2v) is 1.64. The molecule has 1 rings (SSSR count). The molecule has 0 saturated carbocycles. The van der Waals surface area contributed by atoms with Gasteiger partial charge in [0.25, 0.3) is 0 Å². The zero-order chi connectivity index (χ0) is 7.11. The smallest absolute Gasteiger partial charge is 0.0921 e. The Kier molecular flexibility index (Phi) is 4.82. The minimum atomic E-state index is 1.11. The highest BCUT2D eigenvalue weighted by molar-refractivity contribution is 4.87. The summed E-state index contributed by atoms with van der Waals surface area (Å²) in [4.78, 5) is 6.66. The Morgan fingerprint density at radius 3 is 2.22 bits per heavy atom. The summed E-state index contributed by atoms with van der Waals surface area (Å²) in [7, 11) is 3.25. The topological polar surface area (TPSA) is 37.9 Å². The van der Waals surface area contributed by atoms with E-state index in [1.807, 2.05) is 6.92 Å². The molecule has 0 atom stereocenters. The van der Waals surface area contributed by atoms with Gasteiger partial charge >= 0.3 is 0 Å². The molecule has 0 fully saturated rings. The Hall–Kier alpha value is -0.830. The molecule has 1 N–H and O–H groups in total. The van der Waals surface area contributed by atoms with Crippen molar-refractivity contribution < 1.29 is 4.74 Å². The first-order valence-electron chi connectivity index (χ1n) is 2.66. The maximum Gasteiger partial charge on any atom is 0.0921 e. The van der Waals surface area contributed by atoms with Gasteiger partial charge in [0.2, 0.25) is 0 Å². The quantitative estimate of drug-likeness (QED) is 0.565. The SMILES string of the molecule is COC.Cc1cnc[nH]1. The van der Waals surface area contributed by atoms with Crippen LogP contribution in [0.25, 0.3) is 0 Å². The van der Waals surface area contributed by atoms with Crippen LogP contribution in [0, 0.1) is 6.92 Å². The molecule has 0 aliphatic heterocycles. The summed E-state index contributed by atoms with van der Waals surface area (Å²) in [5.41, 5.74) is 1.11. The standard InChI is InChI=1S/C4H6N2.C2H6O/c1-4-2-5-3-6-4;1-3-2/h2-3H,1H3,(H,5,6);1-2H3. The highest BCUT2D eigenvalue weighted by atomic mass is 16.4. The predicted molar refractivity (Wildman–Crippen MR) is 36.3 cm³/mol. The van der Waals surface area contributed by atoms with Crippen molar-refractivity contribution >= 4 is 0 Å². The van der Waals surface area contributed by atoms with E-state index in [1.165, 1.54) is 0 Å². The molecule has 0 amide bonds. The van der Waals surface area contributed by atoms with Crippen LogP contribution in [0.2, 0.25) is 0 Å². The van der Waals surface area contributed by atoms with Gasteiger partial charge in [0.05, 0.1) is 6.33 Å². The van der Waals surface area contributed by atoms with Crippen molar-refractivity contribution in [1.82, 2.24) is 9.97 Å². The molecule has 1 heterocycles. The zero-order valence-electron chi connectivity index (χ0n) is 6.01. The summed E-state index contributed by atoms with van der Waals surface area (Å²) in [6.07, 6.45) is 3.44. The van der Waals surface area contributed by atoms with Crippen molar-refractivity contribution in [2.24, 2.45) is 0 Å². The Balaban J connectivity index is 0.000000187. The third kappa shape index (κ3) is 5.03. The number of aryl methyl sites for hydroxylation is 1. The number of aromatic nitrogens is 2. The van der Waals surface area contributed by atoms with Crippen LogP contribution >= 0.6 is 0 Å². The van der Waals surface area contributed by atoms with Crippen LogP contribution < -0.4 is 0 Å². The fourth-order valence-electron chi connectivity index (χ4n) is 0.325. The second-order valence-electron chi connectivity index (χ2n) is 1.64. The van der Waals surface area contributed by atoms with Gasteiger partial charge in [-0.2, -0.15) is 0 Å². The lowest BCUT2D eigenvalue weighted by Crippen LogP contribution is -1.59. The predicted octanol–water partition coefficient (Wildman–Crippen LogP) is 0.981. The highest BCUT2D eigenvalue weighted by Crippen LogP contribution is 1.81. The molecule has 3 nitrogen and oxygen atoms in total. The fraction of sp³-hybridized carbons (Fsp3) is 0.500. The number of hydrogen-bond acceptors (Lipinski definition) is 2. The number of rotatable bonds is 0. The molecule has 1 aromatic heterocycles. The van der Waals surface area contributed by atoms with Crippen molar-refractivity contribution in [2.75, 3.05) is 14.2 Å². The molecule has 0 saturated heterocycles. The monoisotopic (exact) mass is 128 g/mol. The van der Waals surface area contributed by atoms with Crippen LogP contribution in [0.5, 0.6) is 0 Å². The zero-order valence-corrected chi connectivity index (χ0v) is 6.01. The van der Waals surface area contributed by atoms with E-state index in [0.29, 0.717) is 0 Å². The molecule has 1 aromatic rings. The summed E-state index contributed by atoms with van der Waals surface area (Å²) in [6.45, 7) is 1.97. The van der Waals surface area contributed by atoms with Gasteiger partial charge in [0, 0.05) is 26.1 Å². The number of aromatic amines is 1. The van der Waals surface area contributed by atoms with Crippen LogP contribution in [0.4, 0.5) is 0 Å². The molecule has 9 heavy (non-hydrogen) atoms. The summed E-state index contributed by atoms with van der Waals surface area (Å²) < 4.78 is 4.25. The molecular formula is C6H12N2O. The first kappa shape index (κ1) is 8.17. The number of methoxy groups -OCH3 is 1. The Morgan fingerprint density at radius 2 is 2.11 bits per heavy atom. The average molecular weight is 128 g/mol. The Labute approximate surface area is 55.1 Å². The van der Waals surface area contributed by atoms with Crippen molar-refractivity contribution in [3.63, 3.8) is 0 Å². The van der Waals surface area contributed by atoms with Crippen molar-refractivity contribution in [1.29, 1.82) is 0 Å². The maximum atomic E-state index is 4.25. The van der Waals surface area contributed by atoms with Gasteiger partial charge in [-0.1, -0.05) is 0 Å². The van der Waals surface area contributed by atoms with Gasteiger partial charge in [-0.05, 0) is 6.92 Å². The third-order valence-electron chi connectivity index (χ3n) is 0.635. The lowest BCUT2D eigenvalue weighted by atomic mass is 10.6. The normalized spacial score (nSPS) is 7.89. The number of nitrogens with one attached hydrogen (secondary N) is 1. The summed E-state index contributed by atoms with van der Waals surface area (Å²) >= 11 is 0. The number of imidazole rings is 1. The van der Waals surface area contributed by atoms with E-state index in [1.54, 1.807) is 26.7 Å². The van der Waals surface area contributed by atoms with E-state index in [2.05, 4.69) is 14.7 Å². The third-order valence-corrected chi connectivity index (χ3v) is 0.635. The van der Waals surface area contributed by atoms with E-state index in [-0.39, 0.29) is 0 Å². The Morgan fingerprint density at radius 1 is 1.56 bits per heavy atom. The minimum Gasteiger partial charge on any atom is -0.388 e. The van der Waals surface area contributed by atoms with Crippen LogP contribution in [0.3, 0.4) is 0 Å². The van der Waals surface area contributed by atoms with E-state index < -0.39 is 0 Å². The molecule has 3 heteroatoms. The summed E-state index contributed by atoms with van der Waals surface area (Å²) in [6, 6.07) is 0. The largest absolute Gasteiger partial charge is 0.388 e. The number of ether oxygens (including phenoxy) is 1. The molecule has 0 spiro atoms. The van der Waals surface area contributed by atoms with E-state index in [0.717, 1.165) is 5.69 Å². The van der Waals surface area contributed by atoms with E-state index in [4.69, 9.17) is 0 Å².